The predicted octanol–water partition coefficient (Wildman–Crippen LogP) is 3.06. The van der Waals surface area contributed by atoms with Gasteiger partial charge in [-0.3, -0.25) is 9.59 Å². The zero-order valence-corrected chi connectivity index (χ0v) is 12.7. The van der Waals surface area contributed by atoms with Gasteiger partial charge < -0.3 is 10.0 Å². The molecule has 114 valence electrons. The molecule has 0 radical (unpaired) electrons. The molecular formula is C16H27NO3. The molecule has 2 atom stereocenters. The van der Waals surface area contributed by atoms with Gasteiger partial charge in [-0.1, -0.05) is 20.3 Å². The minimum Gasteiger partial charge on any atom is -0.481 e. The summed E-state index contributed by atoms with van der Waals surface area (Å²) in [4.78, 5) is 26.2. The van der Waals surface area contributed by atoms with Gasteiger partial charge in [-0.05, 0) is 44.4 Å². The third kappa shape index (κ3) is 2.70. The number of fused-ring (bicyclic) bond motifs is 1. The number of hydrogen-bond donors (Lipinski definition) is 1. The summed E-state index contributed by atoms with van der Waals surface area (Å²) in [6.45, 7) is 4.57. The van der Waals surface area contributed by atoms with Crippen LogP contribution in [0.2, 0.25) is 0 Å². The number of carbonyl (C=O) groups excluding carboxylic acids is 1. The van der Waals surface area contributed by atoms with Gasteiger partial charge in [0.2, 0.25) is 5.91 Å². The van der Waals surface area contributed by atoms with Crippen LogP contribution in [0.3, 0.4) is 0 Å². The van der Waals surface area contributed by atoms with Crippen LogP contribution in [0.5, 0.6) is 0 Å². The van der Waals surface area contributed by atoms with Gasteiger partial charge in [-0.15, -0.1) is 0 Å². The van der Waals surface area contributed by atoms with Gasteiger partial charge in [0.1, 0.15) is 0 Å². The lowest BCUT2D eigenvalue weighted by molar-refractivity contribution is -0.155. The van der Waals surface area contributed by atoms with Crippen molar-refractivity contribution >= 4 is 11.9 Å². The number of carbonyl (C=O) groups is 2. The van der Waals surface area contributed by atoms with E-state index < -0.39 is 11.4 Å². The van der Waals surface area contributed by atoms with E-state index in [2.05, 4.69) is 0 Å². The fourth-order valence-electron chi connectivity index (χ4n) is 4.03. The monoisotopic (exact) mass is 281 g/mol. The van der Waals surface area contributed by atoms with Gasteiger partial charge in [0.15, 0.2) is 0 Å². The molecule has 20 heavy (non-hydrogen) atoms. The summed E-state index contributed by atoms with van der Waals surface area (Å²) in [6.07, 6.45) is 7.07. The molecule has 0 bridgehead atoms. The van der Waals surface area contributed by atoms with Crippen molar-refractivity contribution in [2.45, 2.75) is 71.3 Å². The molecule has 4 nitrogen and oxygen atoms in total. The Hall–Kier alpha value is -1.06. The number of amides is 1. The number of likely N-dealkylation sites (tertiary alicyclic amines) is 1. The van der Waals surface area contributed by atoms with Crippen LogP contribution in [0, 0.1) is 11.3 Å². The van der Waals surface area contributed by atoms with Gasteiger partial charge in [0.25, 0.3) is 0 Å². The number of piperidine rings is 1. The molecule has 0 aromatic rings. The maximum Gasteiger partial charge on any atom is 0.310 e. The zero-order valence-electron chi connectivity index (χ0n) is 12.7. The second-order valence-electron chi connectivity index (χ2n) is 6.46. The van der Waals surface area contributed by atoms with Gasteiger partial charge in [-0.25, -0.2) is 0 Å². The van der Waals surface area contributed by atoms with Crippen molar-refractivity contribution in [3.05, 3.63) is 0 Å². The smallest absolute Gasteiger partial charge is 0.310 e. The molecule has 1 N–H and O–H groups in total. The highest BCUT2D eigenvalue weighted by atomic mass is 16.4. The summed E-state index contributed by atoms with van der Waals surface area (Å²) in [5.41, 5.74) is -0.872. The predicted molar refractivity (Wildman–Crippen MR) is 77.3 cm³/mol. The van der Waals surface area contributed by atoms with Crippen molar-refractivity contribution < 1.29 is 14.7 Å². The summed E-state index contributed by atoms with van der Waals surface area (Å²) >= 11 is 0. The third-order valence-electron chi connectivity index (χ3n) is 5.61. The molecular weight excluding hydrogens is 254 g/mol. The highest BCUT2D eigenvalue weighted by Crippen LogP contribution is 2.39. The minimum atomic E-state index is -0.872. The number of carboxylic acid groups (broad SMARTS) is 1. The molecule has 1 amide bonds. The highest BCUT2D eigenvalue weighted by molar-refractivity contribution is 5.85. The number of aliphatic carboxylic acids is 1. The molecule has 0 aromatic heterocycles. The standard InChI is InChI=1S/C16H27NO3/c1-3-16(4-2,15(19)20)11-14(18)17-10-6-8-12-7-5-9-13(12)17/h12-13H,3-11H2,1-2H3,(H,19,20). The molecule has 4 heteroatoms. The Morgan fingerprint density at radius 3 is 2.40 bits per heavy atom. The van der Waals surface area contributed by atoms with E-state index in [4.69, 9.17) is 0 Å². The van der Waals surface area contributed by atoms with Crippen molar-refractivity contribution in [3.8, 4) is 0 Å². The van der Waals surface area contributed by atoms with Gasteiger partial charge in [0, 0.05) is 19.0 Å². The average molecular weight is 281 g/mol. The van der Waals surface area contributed by atoms with Crippen molar-refractivity contribution in [3.63, 3.8) is 0 Å². The first-order valence-electron chi connectivity index (χ1n) is 8.07. The lowest BCUT2D eigenvalue weighted by Gasteiger charge is -2.39. The molecule has 0 aromatic carbocycles. The molecule has 1 heterocycles. The number of nitrogens with zero attached hydrogens (tertiary/aromatic N) is 1. The van der Waals surface area contributed by atoms with E-state index in [9.17, 15) is 14.7 Å². The Morgan fingerprint density at radius 1 is 1.15 bits per heavy atom. The zero-order chi connectivity index (χ0) is 14.8. The topological polar surface area (TPSA) is 57.6 Å². The molecule has 0 spiro atoms. The second kappa shape index (κ2) is 6.15. The first-order chi connectivity index (χ1) is 9.54. The largest absolute Gasteiger partial charge is 0.481 e. The summed E-state index contributed by atoms with van der Waals surface area (Å²) in [5.74, 6) is -0.0984. The van der Waals surface area contributed by atoms with Crippen molar-refractivity contribution in [2.75, 3.05) is 6.54 Å². The van der Waals surface area contributed by atoms with Gasteiger partial charge in [-0.2, -0.15) is 0 Å². The van der Waals surface area contributed by atoms with E-state index in [0.29, 0.717) is 24.8 Å². The normalized spacial score (nSPS) is 26.4. The number of carboxylic acids is 1. The summed E-state index contributed by atoms with van der Waals surface area (Å²) in [7, 11) is 0. The minimum absolute atomic E-state index is 0.0627. The Labute approximate surface area is 121 Å². The average Bonchev–Trinajstić information content (AvgIpc) is 2.92. The van der Waals surface area contributed by atoms with Crippen LogP contribution >= 0.6 is 0 Å². The molecule has 1 saturated carbocycles. The molecule has 2 aliphatic rings. The van der Waals surface area contributed by atoms with Crippen LogP contribution in [-0.4, -0.2) is 34.5 Å². The molecule has 1 aliphatic carbocycles. The maximum atomic E-state index is 12.6. The van der Waals surface area contributed by atoms with Crippen LogP contribution in [-0.2, 0) is 9.59 Å². The van der Waals surface area contributed by atoms with Crippen molar-refractivity contribution in [1.29, 1.82) is 0 Å². The van der Waals surface area contributed by atoms with E-state index in [1.54, 1.807) is 0 Å². The van der Waals surface area contributed by atoms with Crippen LogP contribution in [0.15, 0.2) is 0 Å². The van der Waals surface area contributed by atoms with Crippen LogP contribution < -0.4 is 0 Å². The van der Waals surface area contributed by atoms with Crippen molar-refractivity contribution in [2.24, 2.45) is 11.3 Å². The molecule has 1 saturated heterocycles. The lowest BCUT2D eigenvalue weighted by Crippen LogP contribution is -2.48. The van der Waals surface area contributed by atoms with Crippen LogP contribution in [0.4, 0.5) is 0 Å². The second-order valence-corrected chi connectivity index (χ2v) is 6.46. The Bertz CT molecular complexity index is 376. The summed E-state index contributed by atoms with van der Waals surface area (Å²) < 4.78 is 0. The van der Waals surface area contributed by atoms with Crippen LogP contribution in [0.25, 0.3) is 0 Å². The quantitative estimate of drug-likeness (QED) is 0.842. The highest BCUT2D eigenvalue weighted by Gasteiger charge is 2.42. The Balaban J connectivity index is 2.08. The van der Waals surface area contributed by atoms with Gasteiger partial charge in [0.05, 0.1) is 5.41 Å². The number of rotatable bonds is 5. The first-order valence-corrected chi connectivity index (χ1v) is 8.07. The SMILES string of the molecule is CCC(CC)(CC(=O)N1CCCC2CCCC21)C(=O)O. The maximum absolute atomic E-state index is 12.6. The Kier molecular flexibility index (Phi) is 4.71. The van der Waals surface area contributed by atoms with Gasteiger partial charge >= 0.3 is 5.97 Å². The molecule has 2 rings (SSSR count). The first kappa shape index (κ1) is 15.3. The van der Waals surface area contributed by atoms with E-state index in [1.807, 2.05) is 18.7 Å². The van der Waals surface area contributed by atoms with E-state index in [0.717, 1.165) is 19.4 Å². The fraction of sp³-hybridized carbons (Fsp3) is 0.875. The van der Waals surface area contributed by atoms with E-state index >= 15 is 0 Å². The van der Waals surface area contributed by atoms with Crippen molar-refractivity contribution in [1.82, 2.24) is 4.90 Å². The summed E-state index contributed by atoms with van der Waals surface area (Å²) in [5, 5.41) is 9.49. The van der Waals surface area contributed by atoms with Crippen LogP contribution in [0.1, 0.15) is 65.2 Å². The lowest BCUT2D eigenvalue weighted by atomic mass is 9.78. The number of hydrogen-bond acceptors (Lipinski definition) is 2. The van der Waals surface area contributed by atoms with E-state index in [-0.39, 0.29) is 12.3 Å². The molecule has 2 fully saturated rings. The third-order valence-corrected chi connectivity index (χ3v) is 5.61. The Morgan fingerprint density at radius 2 is 1.80 bits per heavy atom. The van der Waals surface area contributed by atoms with E-state index in [1.165, 1.54) is 19.3 Å². The fourth-order valence-corrected chi connectivity index (χ4v) is 4.03. The molecule has 2 unspecified atom stereocenters. The molecule has 1 aliphatic heterocycles. The summed E-state index contributed by atoms with van der Waals surface area (Å²) in [6, 6.07) is 0.386.